The highest BCUT2D eigenvalue weighted by Gasteiger charge is 2.55. The molecule has 1 aliphatic carbocycles. The van der Waals surface area contributed by atoms with Gasteiger partial charge in [-0.1, -0.05) is 19.3 Å². The molecule has 1 atom stereocenters. The van der Waals surface area contributed by atoms with Gasteiger partial charge in [-0.25, -0.2) is 4.79 Å². The molecule has 2 fully saturated rings. The number of hydrogen-bond donors (Lipinski definition) is 2. The van der Waals surface area contributed by atoms with Crippen LogP contribution in [0.4, 0.5) is 4.79 Å². The van der Waals surface area contributed by atoms with Crippen LogP contribution in [0.2, 0.25) is 0 Å². The highest BCUT2D eigenvalue weighted by atomic mass is 16.4. The van der Waals surface area contributed by atoms with E-state index in [0.29, 0.717) is 12.8 Å². The van der Waals surface area contributed by atoms with Crippen molar-refractivity contribution in [3.63, 3.8) is 0 Å². The summed E-state index contributed by atoms with van der Waals surface area (Å²) in [6, 6.07) is -1.56. The quantitative estimate of drug-likeness (QED) is 0.720. The summed E-state index contributed by atoms with van der Waals surface area (Å²) >= 11 is 0. The molecule has 0 aromatic heterocycles. The van der Waals surface area contributed by atoms with Crippen molar-refractivity contribution in [3.05, 3.63) is 0 Å². The minimum absolute atomic E-state index is 0.349. The van der Waals surface area contributed by atoms with Crippen LogP contribution in [0.1, 0.15) is 39.0 Å². The molecular weight excluding hydrogens is 290 g/mol. The molecule has 1 unspecified atom stereocenters. The van der Waals surface area contributed by atoms with Gasteiger partial charge in [0, 0.05) is 7.05 Å². The molecule has 122 valence electrons. The minimum Gasteiger partial charge on any atom is -0.480 e. The van der Waals surface area contributed by atoms with E-state index in [1.54, 1.807) is 7.05 Å². The third-order valence-electron chi connectivity index (χ3n) is 4.53. The summed E-state index contributed by atoms with van der Waals surface area (Å²) in [5, 5.41) is 11.0. The molecule has 4 amide bonds. The van der Waals surface area contributed by atoms with Crippen LogP contribution >= 0.6 is 0 Å². The zero-order valence-corrected chi connectivity index (χ0v) is 12.8. The van der Waals surface area contributed by atoms with E-state index in [2.05, 4.69) is 5.32 Å². The molecule has 0 aromatic carbocycles. The molecule has 1 saturated carbocycles. The van der Waals surface area contributed by atoms with Gasteiger partial charge >= 0.3 is 12.0 Å². The highest BCUT2D eigenvalue weighted by molar-refractivity contribution is 6.09. The first-order valence-corrected chi connectivity index (χ1v) is 7.41. The highest BCUT2D eigenvalue weighted by Crippen LogP contribution is 2.39. The van der Waals surface area contributed by atoms with Crippen molar-refractivity contribution < 1.29 is 24.3 Å². The van der Waals surface area contributed by atoms with Crippen molar-refractivity contribution >= 4 is 23.8 Å². The van der Waals surface area contributed by atoms with Crippen LogP contribution in [0, 0.1) is 0 Å². The topological polar surface area (TPSA) is 107 Å². The Morgan fingerprint density at radius 2 is 1.86 bits per heavy atom. The van der Waals surface area contributed by atoms with Crippen molar-refractivity contribution in [2.75, 3.05) is 13.6 Å². The second-order valence-electron chi connectivity index (χ2n) is 5.95. The molecule has 0 aromatic rings. The number of amides is 4. The molecule has 8 nitrogen and oxygen atoms in total. The molecule has 2 rings (SSSR count). The van der Waals surface area contributed by atoms with E-state index in [-0.39, 0.29) is 5.91 Å². The van der Waals surface area contributed by atoms with Gasteiger partial charge in [0.05, 0.1) is 0 Å². The lowest BCUT2D eigenvalue weighted by Crippen LogP contribution is -2.50. The molecule has 1 heterocycles. The lowest BCUT2D eigenvalue weighted by atomic mass is 9.81. The summed E-state index contributed by atoms with van der Waals surface area (Å²) in [5.41, 5.74) is -0.825. The van der Waals surface area contributed by atoms with Crippen LogP contribution in [0.3, 0.4) is 0 Å². The predicted molar refractivity (Wildman–Crippen MR) is 75.9 cm³/mol. The number of imide groups is 1. The number of urea groups is 1. The molecule has 22 heavy (non-hydrogen) atoms. The number of likely N-dealkylation sites (N-methyl/N-ethyl adjacent to an activating group) is 1. The smallest absolute Gasteiger partial charge is 0.327 e. The molecule has 8 heteroatoms. The van der Waals surface area contributed by atoms with Gasteiger partial charge in [0.25, 0.3) is 5.91 Å². The van der Waals surface area contributed by atoms with Gasteiger partial charge in [-0.05, 0) is 19.8 Å². The summed E-state index contributed by atoms with van der Waals surface area (Å²) in [6.45, 7) is 0.879. The summed E-state index contributed by atoms with van der Waals surface area (Å²) in [6.07, 6.45) is 4.00. The van der Waals surface area contributed by atoms with Gasteiger partial charge < -0.3 is 15.3 Å². The van der Waals surface area contributed by atoms with Crippen LogP contribution in [-0.4, -0.2) is 63.9 Å². The Bertz CT molecular complexity index is 513. The van der Waals surface area contributed by atoms with Gasteiger partial charge in [0.2, 0.25) is 5.91 Å². The first-order chi connectivity index (χ1) is 10.3. The Kier molecular flexibility index (Phi) is 4.39. The van der Waals surface area contributed by atoms with Crippen molar-refractivity contribution in [2.45, 2.75) is 50.6 Å². The third kappa shape index (κ3) is 2.65. The Labute approximate surface area is 128 Å². The van der Waals surface area contributed by atoms with Crippen LogP contribution in [0.5, 0.6) is 0 Å². The number of aliphatic carboxylic acids is 1. The molecule has 2 N–H and O–H groups in total. The fourth-order valence-corrected chi connectivity index (χ4v) is 3.16. The Morgan fingerprint density at radius 1 is 1.27 bits per heavy atom. The van der Waals surface area contributed by atoms with E-state index in [1.807, 2.05) is 0 Å². The Balaban J connectivity index is 2.08. The fraction of sp³-hybridized carbons (Fsp3) is 0.714. The monoisotopic (exact) mass is 311 g/mol. The first-order valence-electron chi connectivity index (χ1n) is 7.41. The summed E-state index contributed by atoms with van der Waals surface area (Å²) in [5.74, 6) is -2.18. The predicted octanol–water partition coefficient (Wildman–Crippen LogP) is 0.173. The first kappa shape index (κ1) is 16.3. The summed E-state index contributed by atoms with van der Waals surface area (Å²) in [7, 11) is 1.59. The summed E-state index contributed by atoms with van der Waals surface area (Å²) in [4.78, 5) is 49.8. The van der Waals surface area contributed by atoms with Gasteiger partial charge in [-0.15, -0.1) is 0 Å². The number of nitrogens with one attached hydrogen (secondary N) is 1. The average molecular weight is 311 g/mol. The van der Waals surface area contributed by atoms with Crippen molar-refractivity contribution in [1.82, 2.24) is 15.1 Å². The van der Waals surface area contributed by atoms with E-state index >= 15 is 0 Å². The van der Waals surface area contributed by atoms with E-state index in [0.717, 1.165) is 24.2 Å². The SMILES string of the molecule is CC(NC(=O)CN1C(=O)N(C)C2(CCCCC2)C1=O)C(=O)O. The average Bonchev–Trinajstić information content (AvgIpc) is 2.64. The van der Waals surface area contributed by atoms with Crippen LogP contribution in [0.25, 0.3) is 0 Å². The number of carboxylic acids is 1. The minimum atomic E-state index is -1.17. The van der Waals surface area contributed by atoms with Crippen LogP contribution < -0.4 is 5.32 Å². The number of rotatable bonds is 4. The zero-order chi connectivity index (χ0) is 16.5. The van der Waals surface area contributed by atoms with Crippen molar-refractivity contribution in [2.24, 2.45) is 0 Å². The second-order valence-corrected chi connectivity index (χ2v) is 5.95. The largest absolute Gasteiger partial charge is 0.480 e. The van der Waals surface area contributed by atoms with E-state index in [4.69, 9.17) is 5.11 Å². The number of hydrogen-bond acceptors (Lipinski definition) is 4. The van der Waals surface area contributed by atoms with Crippen LogP contribution in [-0.2, 0) is 14.4 Å². The molecule has 2 aliphatic rings. The second kappa shape index (κ2) is 5.94. The number of nitrogens with zero attached hydrogens (tertiary/aromatic N) is 2. The third-order valence-corrected chi connectivity index (χ3v) is 4.53. The van der Waals surface area contributed by atoms with Crippen molar-refractivity contribution in [3.8, 4) is 0 Å². The van der Waals surface area contributed by atoms with Crippen molar-refractivity contribution in [1.29, 1.82) is 0 Å². The van der Waals surface area contributed by atoms with E-state index < -0.39 is 36.0 Å². The molecule has 0 radical (unpaired) electrons. The zero-order valence-electron chi connectivity index (χ0n) is 12.8. The molecule has 1 spiro atoms. The van der Waals surface area contributed by atoms with E-state index in [9.17, 15) is 19.2 Å². The number of carbonyl (C=O) groups excluding carboxylic acids is 3. The Morgan fingerprint density at radius 3 is 2.41 bits per heavy atom. The van der Waals surface area contributed by atoms with Gasteiger partial charge in [0.15, 0.2) is 0 Å². The maximum Gasteiger partial charge on any atom is 0.327 e. The van der Waals surface area contributed by atoms with E-state index in [1.165, 1.54) is 11.8 Å². The maximum atomic E-state index is 12.6. The normalized spacial score (nSPS) is 22.1. The molecule has 1 saturated heterocycles. The fourth-order valence-electron chi connectivity index (χ4n) is 3.16. The molecule has 0 bridgehead atoms. The van der Waals surface area contributed by atoms with Gasteiger partial charge in [-0.2, -0.15) is 0 Å². The number of carbonyl (C=O) groups is 4. The van der Waals surface area contributed by atoms with Crippen LogP contribution in [0.15, 0.2) is 0 Å². The molecular formula is C14H21N3O5. The lowest BCUT2D eigenvalue weighted by molar-refractivity contribution is -0.142. The van der Waals surface area contributed by atoms with Gasteiger partial charge in [0.1, 0.15) is 18.1 Å². The molecule has 1 aliphatic heterocycles. The lowest BCUT2D eigenvalue weighted by Gasteiger charge is -2.35. The Hall–Kier alpha value is -2.12. The number of carboxylic acid groups (broad SMARTS) is 1. The standard InChI is InChI=1S/C14H21N3O5/c1-9(11(19)20)15-10(18)8-17-12(21)14(16(2)13(17)22)6-4-3-5-7-14/h9H,3-8H2,1-2H3,(H,15,18)(H,19,20). The summed E-state index contributed by atoms with van der Waals surface area (Å²) < 4.78 is 0. The van der Waals surface area contributed by atoms with Gasteiger partial charge in [-0.3, -0.25) is 19.3 Å². The maximum absolute atomic E-state index is 12.6.